The molecular weight excluding hydrogens is 244 g/mol. The molecule has 1 heterocycles. The molecule has 2 rings (SSSR count). The van der Waals surface area contributed by atoms with E-state index in [1.165, 1.54) is 17.7 Å². The summed E-state index contributed by atoms with van der Waals surface area (Å²) in [6, 6.07) is 0.367. The van der Waals surface area contributed by atoms with Crippen molar-refractivity contribution in [2.24, 2.45) is 5.92 Å². The summed E-state index contributed by atoms with van der Waals surface area (Å²) in [5.41, 5.74) is -0.131. The molecule has 1 saturated carbocycles. The quantitative estimate of drug-likeness (QED) is 0.908. The molecule has 3 atom stereocenters. The molecule has 1 aromatic heterocycles. The number of rotatable bonds is 4. The molecule has 0 spiro atoms. The minimum atomic E-state index is -0.131. The van der Waals surface area contributed by atoms with Crippen molar-refractivity contribution in [3.05, 3.63) is 16.1 Å². The first-order valence-corrected chi connectivity index (χ1v) is 7.61. The zero-order chi connectivity index (χ0) is 13.2. The smallest absolute Gasteiger partial charge is 0.125 e. The molecule has 102 valence electrons. The highest BCUT2D eigenvalue weighted by Gasteiger charge is 2.39. The van der Waals surface area contributed by atoms with E-state index in [0.29, 0.717) is 6.04 Å². The fourth-order valence-corrected chi connectivity index (χ4v) is 3.99. The maximum Gasteiger partial charge on any atom is 0.125 e. The predicted molar refractivity (Wildman–Crippen MR) is 75.9 cm³/mol. The Bertz CT molecular complexity index is 393. The van der Waals surface area contributed by atoms with Gasteiger partial charge in [-0.05, 0) is 39.2 Å². The Morgan fingerprint density at radius 1 is 1.61 bits per heavy atom. The molecule has 0 aromatic carbocycles. The lowest BCUT2D eigenvalue weighted by Gasteiger charge is -2.37. The van der Waals surface area contributed by atoms with E-state index in [0.717, 1.165) is 23.8 Å². The van der Waals surface area contributed by atoms with Gasteiger partial charge < -0.3 is 10.1 Å². The maximum absolute atomic E-state index is 5.89. The largest absolute Gasteiger partial charge is 0.371 e. The zero-order valence-corrected chi connectivity index (χ0v) is 12.6. The lowest BCUT2D eigenvalue weighted by atomic mass is 9.79. The summed E-state index contributed by atoms with van der Waals surface area (Å²) in [5.74, 6) is 0.729. The van der Waals surface area contributed by atoms with E-state index in [1.54, 1.807) is 11.3 Å². The van der Waals surface area contributed by atoms with Gasteiger partial charge in [-0.25, -0.2) is 4.98 Å². The van der Waals surface area contributed by atoms with Gasteiger partial charge in [0, 0.05) is 24.2 Å². The molecule has 18 heavy (non-hydrogen) atoms. The van der Waals surface area contributed by atoms with E-state index in [1.807, 2.05) is 20.4 Å². The summed E-state index contributed by atoms with van der Waals surface area (Å²) in [6.45, 7) is 4.48. The van der Waals surface area contributed by atoms with Crippen molar-refractivity contribution >= 4 is 11.3 Å². The fourth-order valence-electron chi connectivity index (χ4n) is 2.81. The average molecular weight is 268 g/mol. The van der Waals surface area contributed by atoms with Crippen molar-refractivity contribution in [3.8, 4) is 0 Å². The van der Waals surface area contributed by atoms with E-state index in [-0.39, 0.29) is 5.60 Å². The van der Waals surface area contributed by atoms with Gasteiger partial charge in [-0.1, -0.05) is 13.3 Å². The Hall–Kier alpha value is -0.450. The van der Waals surface area contributed by atoms with Crippen LogP contribution in [0.25, 0.3) is 0 Å². The fraction of sp³-hybridized carbons (Fsp3) is 0.786. The van der Waals surface area contributed by atoms with Crippen molar-refractivity contribution in [2.75, 3.05) is 14.2 Å². The molecular formula is C14H24N2OS. The Morgan fingerprint density at radius 2 is 2.39 bits per heavy atom. The first kappa shape index (κ1) is 14.0. The molecule has 1 aliphatic carbocycles. The minimum Gasteiger partial charge on any atom is -0.371 e. The molecule has 0 aliphatic heterocycles. The maximum atomic E-state index is 5.89. The molecule has 4 heteroatoms. The van der Waals surface area contributed by atoms with Gasteiger partial charge in [0.2, 0.25) is 0 Å². The van der Waals surface area contributed by atoms with Crippen LogP contribution in [0.4, 0.5) is 0 Å². The average Bonchev–Trinajstić information content (AvgIpc) is 2.87. The number of hydrogen-bond acceptors (Lipinski definition) is 4. The van der Waals surface area contributed by atoms with Crippen LogP contribution in [0.3, 0.4) is 0 Å². The number of ether oxygens (including phenoxy) is 1. The van der Waals surface area contributed by atoms with Crippen LogP contribution < -0.4 is 5.32 Å². The van der Waals surface area contributed by atoms with E-state index >= 15 is 0 Å². The van der Waals surface area contributed by atoms with Gasteiger partial charge in [-0.3, -0.25) is 0 Å². The third kappa shape index (κ3) is 2.60. The minimum absolute atomic E-state index is 0.131. The molecule has 1 aliphatic rings. The molecule has 0 amide bonds. The summed E-state index contributed by atoms with van der Waals surface area (Å²) in [4.78, 5) is 5.93. The van der Waals surface area contributed by atoms with Crippen molar-refractivity contribution in [1.29, 1.82) is 0 Å². The van der Waals surface area contributed by atoms with E-state index in [9.17, 15) is 0 Å². The lowest BCUT2D eigenvalue weighted by molar-refractivity contribution is -0.0580. The number of aromatic nitrogens is 1. The predicted octanol–water partition coefficient (Wildman–Crippen LogP) is 3.48. The van der Waals surface area contributed by atoms with E-state index in [4.69, 9.17) is 4.74 Å². The van der Waals surface area contributed by atoms with Crippen LogP contribution in [0.15, 0.2) is 6.20 Å². The van der Waals surface area contributed by atoms with Crippen LogP contribution in [0, 0.1) is 5.92 Å². The van der Waals surface area contributed by atoms with Gasteiger partial charge in [0.25, 0.3) is 0 Å². The Morgan fingerprint density at radius 3 is 3.00 bits per heavy atom. The second-order valence-corrected chi connectivity index (χ2v) is 6.54. The summed E-state index contributed by atoms with van der Waals surface area (Å²) in [7, 11) is 3.82. The molecule has 0 radical (unpaired) electrons. The van der Waals surface area contributed by atoms with Gasteiger partial charge in [-0.2, -0.15) is 0 Å². The standard InChI is InChI=1S/C14H24N2OS/c1-10-6-5-7-14(8-10,17-4)13-16-9-12(18-13)11(2)15-3/h9-11,15H,5-8H2,1-4H3. The van der Waals surface area contributed by atoms with Gasteiger partial charge >= 0.3 is 0 Å². The van der Waals surface area contributed by atoms with Crippen LogP contribution in [-0.2, 0) is 10.3 Å². The Labute approximate surface area is 114 Å². The van der Waals surface area contributed by atoms with Crippen LogP contribution in [0.5, 0.6) is 0 Å². The second kappa shape index (κ2) is 5.68. The SMILES string of the molecule is CNC(C)c1cnc(C2(OC)CCCC(C)C2)s1. The van der Waals surface area contributed by atoms with Crippen LogP contribution in [-0.4, -0.2) is 19.1 Å². The lowest BCUT2D eigenvalue weighted by Crippen LogP contribution is -2.34. The first-order chi connectivity index (χ1) is 8.61. The molecule has 3 unspecified atom stereocenters. The van der Waals surface area contributed by atoms with Gasteiger partial charge in [-0.15, -0.1) is 11.3 Å². The number of nitrogens with zero attached hydrogens (tertiary/aromatic N) is 1. The van der Waals surface area contributed by atoms with Crippen molar-refractivity contribution in [2.45, 2.75) is 51.2 Å². The van der Waals surface area contributed by atoms with Gasteiger partial charge in [0.15, 0.2) is 0 Å². The van der Waals surface area contributed by atoms with Crippen LogP contribution in [0.1, 0.15) is 55.5 Å². The summed E-state index contributed by atoms with van der Waals surface area (Å²) >= 11 is 1.80. The van der Waals surface area contributed by atoms with Crippen molar-refractivity contribution < 1.29 is 4.74 Å². The highest BCUT2D eigenvalue weighted by atomic mass is 32.1. The highest BCUT2D eigenvalue weighted by molar-refractivity contribution is 7.11. The molecule has 0 saturated heterocycles. The van der Waals surface area contributed by atoms with Crippen molar-refractivity contribution in [3.63, 3.8) is 0 Å². The van der Waals surface area contributed by atoms with E-state index < -0.39 is 0 Å². The second-order valence-electron chi connectivity index (χ2n) is 5.48. The number of hydrogen-bond donors (Lipinski definition) is 1. The molecule has 3 nitrogen and oxygen atoms in total. The molecule has 1 aromatic rings. The third-order valence-corrected chi connectivity index (χ3v) is 5.49. The highest BCUT2D eigenvalue weighted by Crippen LogP contribution is 2.44. The topological polar surface area (TPSA) is 34.2 Å². The number of methoxy groups -OCH3 is 1. The molecule has 1 fully saturated rings. The summed E-state index contributed by atoms with van der Waals surface area (Å²) in [5, 5.41) is 4.43. The summed E-state index contributed by atoms with van der Waals surface area (Å²) in [6.07, 6.45) is 6.77. The van der Waals surface area contributed by atoms with Crippen LogP contribution in [0.2, 0.25) is 0 Å². The molecule has 0 bridgehead atoms. The van der Waals surface area contributed by atoms with Gasteiger partial charge in [0.1, 0.15) is 10.6 Å². The zero-order valence-electron chi connectivity index (χ0n) is 11.8. The number of thiazole rings is 1. The first-order valence-electron chi connectivity index (χ1n) is 6.80. The number of nitrogens with one attached hydrogen (secondary N) is 1. The monoisotopic (exact) mass is 268 g/mol. The van der Waals surface area contributed by atoms with Gasteiger partial charge in [0.05, 0.1) is 0 Å². The van der Waals surface area contributed by atoms with E-state index in [2.05, 4.69) is 24.1 Å². The third-order valence-electron chi connectivity index (χ3n) is 4.12. The summed E-state index contributed by atoms with van der Waals surface area (Å²) < 4.78 is 5.89. The molecule has 1 N–H and O–H groups in total. The Balaban J connectivity index is 2.24. The van der Waals surface area contributed by atoms with Crippen molar-refractivity contribution in [1.82, 2.24) is 10.3 Å². The Kier molecular flexibility index (Phi) is 4.41. The normalized spacial score (nSPS) is 30.3. The van der Waals surface area contributed by atoms with Crippen LogP contribution >= 0.6 is 11.3 Å².